The first-order valence-corrected chi connectivity index (χ1v) is 10.5. The molecule has 1 amide bonds. The Morgan fingerprint density at radius 3 is 2.47 bits per heavy atom. The van der Waals surface area contributed by atoms with Gasteiger partial charge in [0, 0.05) is 5.39 Å². The second kappa shape index (κ2) is 7.72. The van der Waals surface area contributed by atoms with Gasteiger partial charge in [-0.3, -0.25) is 9.69 Å². The summed E-state index contributed by atoms with van der Waals surface area (Å²) in [6.07, 6.45) is 1.99. The zero-order valence-corrected chi connectivity index (χ0v) is 18.5. The highest BCUT2D eigenvalue weighted by atomic mass is 19.1. The maximum atomic E-state index is 14.7. The normalized spacial score (nSPS) is 17.7. The molecule has 0 spiro atoms. The molecule has 0 fully saturated rings. The van der Waals surface area contributed by atoms with E-state index in [2.05, 4.69) is 20.3 Å². The van der Waals surface area contributed by atoms with Crippen molar-refractivity contribution in [3.05, 3.63) is 82.3 Å². The molecule has 2 atom stereocenters. The quantitative estimate of drug-likeness (QED) is 0.481. The number of ether oxygens (including phenoxy) is 1. The highest BCUT2D eigenvalue weighted by Gasteiger charge is 2.45. The number of aromatic nitrogens is 5. The zero-order valence-electron chi connectivity index (χ0n) is 18.5. The summed E-state index contributed by atoms with van der Waals surface area (Å²) in [6, 6.07) is 6.14. The van der Waals surface area contributed by atoms with Crippen molar-refractivity contribution in [1.29, 1.82) is 0 Å². The number of carbonyl (C=O) groups excluding carboxylic acids is 1. The third-order valence-electron chi connectivity index (χ3n) is 5.50. The molecule has 0 bridgehead atoms. The van der Waals surface area contributed by atoms with Gasteiger partial charge in [0.25, 0.3) is 5.56 Å². The molecule has 0 saturated heterocycles. The molecule has 1 N–H and O–H groups in total. The van der Waals surface area contributed by atoms with Crippen molar-refractivity contribution in [2.45, 2.75) is 38.5 Å². The van der Waals surface area contributed by atoms with Crippen LogP contribution in [-0.4, -0.2) is 36.7 Å². The molecule has 2 aromatic carbocycles. The largest absolute Gasteiger partial charge is 0.443 e. The van der Waals surface area contributed by atoms with E-state index in [0.29, 0.717) is 11.3 Å². The number of anilines is 1. The fraction of sp³-hybridized carbons (Fsp3) is 0.261. The molecule has 4 aromatic rings. The van der Waals surface area contributed by atoms with Gasteiger partial charge in [-0.15, -0.1) is 0 Å². The minimum atomic E-state index is -0.881. The summed E-state index contributed by atoms with van der Waals surface area (Å²) in [5.74, 6) is -1.17. The molecule has 5 rings (SSSR count). The van der Waals surface area contributed by atoms with Crippen LogP contribution in [0.2, 0.25) is 0 Å². The number of halogens is 2. The third-order valence-corrected chi connectivity index (χ3v) is 5.50. The summed E-state index contributed by atoms with van der Waals surface area (Å²) in [5, 5.41) is 11.2. The predicted octanol–water partition coefficient (Wildman–Crippen LogP) is 3.88. The molecule has 11 heteroatoms. The van der Waals surface area contributed by atoms with Crippen molar-refractivity contribution in [3.63, 3.8) is 0 Å². The van der Waals surface area contributed by atoms with E-state index in [1.807, 2.05) is 0 Å². The van der Waals surface area contributed by atoms with E-state index in [4.69, 9.17) is 4.74 Å². The first-order valence-electron chi connectivity index (χ1n) is 10.5. The number of amides is 1. The summed E-state index contributed by atoms with van der Waals surface area (Å²) in [6.45, 7) is 5.12. The fourth-order valence-electron chi connectivity index (χ4n) is 4.26. The topological polar surface area (TPSA) is 106 Å². The average molecular weight is 466 g/mol. The van der Waals surface area contributed by atoms with Gasteiger partial charge in [0.1, 0.15) is 35.9 Å². The van der Waals surface area contributed by atoms with Crippen LogP contribution in [0.1, 0.15) is 44.1 Å². The second-order valence-corrected chi connectivity index (χ2v) is 8.95. The number of H-pyrrole nitrogens is 1. The van der Waals surface area contributed by atoms with E-state index in [1.54, 1.807) is 20.8 Å². The fourth-order valence-corrected chi connectivity index (χ4v) is 4.26. The van der Waals surface area contributed by atoms with Crippen LogP contribution in [0.15, 0.2) is 53.8 Å². The highest BCUT2D eigenvalue weighted by Crippen LogP contribution is 2.48. The van der Waals surface area contributed by atoms with Crippen LogP contribution in [0.25, 0.3) is 10.8 Å². The maximum Gasteiger partial charge on any atom is 0.415 e. The van der Waals surface area contributed by atoms with E-state index >= 15 is 0 Å². The number of hydrogen-bond donors (Lipinski definition) is 1. The second-order valence-electron chi connectivity index (χ2n) is 8.95. The van der Waals surface area contributed by atoms with Gasteiger partial charge >= 0.3 is 6.09 Å². The number of aromatic amines is 1. The van der Waals surface area contributed by atoms with Gasteiger partial charge in [0.15, 0.2) is 0 Å². The number of hydrogen-bond acceptors (Lipinski definition) is 6. The molecule has 9 nitrogen and oxygen atoms in total. The first kappa shape index (κ1) is 21.7. The lowest BCUT2D eigenvalue weighted by Gasteiger charge is -2.41. The van der Waals surface area contributed by atoms with Gasteiger partial charge in [-0.25, -0.2) is 28.3 Å². The lowest BCUT2D eigenvalue weighted by molar-refractivity contribution is 0.0554. The molecule has 174 valence electrons. The maximum absolute atomic E-state index is 14.7. The molecule has 0 aliphatic carbocycles. The molecule has 0 saturated carbocycles. The summed E-state index contributed by atoms with van der Waals surface area (Å²) >= 11 is 0. The van der Waals surface area contributed by atoms with Crippen LogP contribution < -0.4 is 10.5 Å². The van der Waals surface area contributed by atoms with Gasteiger partial charge in [0.05, 0.1) is 22.8 Å². The van der Waals surface area contributed by atoms with Crippen LogP contribution in [-0.2, 0) is 4.74 Å². The molecule has 1 aliphatic rings. The molecular formula is C23H20F2N6O3. The van der Waals surface area contributed by atoms with E-state index < -0.39 is 41.0 Å². The molecule has 2 unspecified atom stereocenters. The van der Waals surface area contributed by atoms with Crippen LogP contribution in [0, 0.1) is 11.6 Å². The SMILES string of the molecule is CC(C)(C)OC(=O)N1c2cc(F)cc3c(=O)[nH]nc(c23)C(n2cncn2)C1c1ccc(F)cc1. The Bertz CT molecular complexity index is 1440. The Morgan fingerprint density at radius 2 is 1.82 bits per heavy atom. The van der Waals surface area contributed by atoms with Gasteiger partial charge in [-0.1, -0.05) is 12.1 Å². The van der Waals surface area contributed by atoms with Crippen LogP contribution in [0.5, 0.6) is 0 Å². The molecule has 1 aliphatic heterocycles. The minimum absolute atomic E-state index is 0.0243. The summed E-state index contributed by atoms with van der Waals surface area (Å²) in [4.78, 5) is 31.4. The lowest BCUT2D eigenvalue weighted by Crippen LogP contribution is -2.46. The molecule has 0 radical (unpaired) electrons. The summed E-state index contributed by atoms with van der Waals surface area (Å²) in [5.41, 5.74) is -0.496. The van der Waals surface area contributed by atoms with Gasteiger partial charge in [-0.2, -0.15) is 10.2 Å². The van der Waals surface area contributed by atoms with Gasteiger partial charge in [0.2, 0.25) is 0 Å². The van der Waals surface area contributed by atoms with Crippen molar-refractivity contribution in [1.82, 2.24) is 25.0 Å². The van der Waals surface area contributed by atoms with Gasteiger partial charge in [-0.05, 0) is 50.6 Å². The molecule has 34 heavy (non-hydrogen) atoms. The van der Waals surface area contributed by atoms with E-state index in [-0.39, 0.29) is 16.5 Å². The highest BCUT2D eigenvalue weighted by molar-refractivity contribution is 6.04. The molecular weight excluding hydrogens is 446 g/mol. The predicted molar refractivity (Wildman–Crippen MR) is 118 cm³/mol. The Labute approximate surface area is 192 Å². The van der Waals surface area contributed by atoms with Crippen molar-refractivity contribution in [2.24, 2.45) is 0 Å². The Hall–Kier alpha value is -4.15. The number of carbonyl (C=O) groups is 1. The Balaban J connectivity index is 1.87. The lowest BCUT2D eigenvalue weighted by atomic mass is 9.88. The van der Waals surface area contributed by atoms with Crippen LogP contribution >= 0.6 is 0 Å². The van der Waals surface area contributed by atoms with Crippen LogP contribution in [0.4, 0.5) is 19.3 Å². The monoisotopic (exact) mass is 466 g/mol. The first-order chi connectivity index (χ1) is 16.1. The van der Waals surface area contributed by atoms with Crippen molar-refractivity contribution in [2.75, 3.05) is 4.90 Å². The summed E-state index contributed by atoms with van der Waals surface area (Å²) < 4.78 is 35.7. The van der Waals surface area contributed by atoms with Crippen molar-refractivity contribution in [3.8, 4) is 0 Å². The Morgan fingerprint density at radius 1 is 1.09 bits per heavy atom. The number of nitrogens with zero attached hydrogens (tertiary/aromatic N) is 5. The standard InChI is InChI=1S/C23H20F2N6O3/c1-23(2,3)34-22(33)31-16-9-14(25)8-15-17(16)18(28-29-21(15)32)20(30-11-26-10-27-30)19(31)12-4-6-13(24)7-5-12/h4-11,19-20H,1-3H3,(H,29,32). The van der Waals surface area contributed by atoms with Gasteiger partial charge < -0.3 is 4.74 Å². The van der Waals surface area contributed by atoms with Crippen molar-refractivity contribution < 1.29 is 18.3 Å². The Kier molecular flexibility index (Phi) is 4.92. The van der Waals surface area contributed by atoms with E-state index in [9.17, 15) is 18.4 Å². The average Bonchev–Trinajstić information content (AvgIpc) is 3.29. The third kappa shape index (κ3) is 3.58. The summed E-state index contributed by atoms with van der Waals surface area (Å²) in [7, 11) is 0. The smallest absolute Gasteiger partial charge is 0.415 e. The van der Waals surface area contributed by atoms with E-state index in [0.717, 1.165) is 12.1 Å². The molecule has 3 heterocycles. The van der Waals surface area contributed by atoms with Crippen LogP contribution in [0.3, 0.4) is 0 Å². The van der Waals surface area contributed by atoms with E-state index in [1.165, 1.54) is 46.5 Å². The number of nitrogens with one attached hydrogen (secondary N) is 1. The number of benzene rings is 2. The molecule has 2 aromatic heterocycles. The van der Waals surface area contributed by atoms with Crippen molar-refractivity contribution >= 4 is 22.6 Å². The minimum Gasteiger partial charge on any atom is -0.443 e. The zero-order chi connectivity index (χ0) is 24.2. The number of rotatable bonds is 2.